The molecule has 0 aliphatic carbocycles. The largest absolute Gasteiger partial charge is 0.347 e. The zero-order valence-corrected chi connectivity index (χ0v) is 19.2. The molecule has 0 radical (unpaired) electrons. The number of benzene rings is 1. The predicted molar refractivity (Wildman–Crippen MR) is 127 cm³/mol. The Morgan fingerprint density at radius 2 is 2.17 bits per heavy atom. The number of hydrogen-bond donors (Lipinski definition) is 2. The van der Waals surface area contributed by atoms with Crippen LogP contribution in [0.4, 0.5) is 11.4 Å². The van der Waals surface area contributed by atoms with Crippen LogP contribution in [0.15, 0.2) is 41.7 Å². The molecule has 9 nitrogen and oxygen atoms in total. The molecule has 3 rings (SSSR count). The summed E-state index contributed by atoms with van der Waals surface area (Å²) in [7, 11) is 3.43. The zero-order valence-electron chi connectivity index (χ0n) is 16.8. The van der Waals surface area contributed by atoms with Crippen molar-refractivity contribution in [2.45, 2.75) is 0 Å². The molecule has 1 fully saturated rings. The molecule has 0 unspecified atom stereocenters. The number of anilines is 2. The summed E-state index contributed by atoms with van der Waals surface area (Å²) in [6.07, 6.45) is 8.85. The van der Waals surface area contributed by atoms with Gasteiger partial charge >= 0.3 is 0 Å². The van der Waals surface area contributed by atoms with E-state index in [0.717, 1.165) is 5.69 Å². The minimum atomic E-state index is -0.236. The van der Waals surface area contributed by atoms with Gasteiger partial charge in [0.2, 0.25) is 11.8 Å². The number of halogens is 1. The molecule has 0 spiro atoms. The number of carbonyl (C=O) groups is 2. The van der Waals surface area contributed by atoms with Gasteiger partial charge in [0.05, 0.1) is 18.4 Å². The van der Waals surface area contributed by atoms with Crippen molar-refractivity contribution in [3.8, 4) is 12.3 Å². The highest BCUT2D eigenvalue weighted by atomic mass is 127. The van der Waals surface area contributed by atoms with Crippen molar-refractivity contribution in [3.63, 3.8) is 0 Å². The number of guanidine groups is 1. The molecule has 2 heterocycles. The number of aromatic nitrogens is 2. The van der Waals surface area contributed by atoms with E-state index in [1.165, 1.54) is 0 Å². The van der Waals surface area contributed by atoms with E-state index in [4.69, 9.17) is 6.42 Å². The molecule has 0 bridgehead atoms. The zero-order chi connectivity index (χ0) is 20.8. The summed E-state index contributed by atoms with van der Waals surface area (Å²) in [6.45, 7) is 1.28. The summed E-state index contributed by atoms with van der Waals surface area (Å²) < 4.78 is 1.66. The Morgan fingerprint density at radius 1 is 1.37 bits per heavy atom. The second kappa shape index (κ2) is 10.6. The second-order valence-electron chi connectivity index (χ2n) is 6.51. The Balaban J connectivity index is 0.00000320. The van der Waals surface area contributed by atoms with E-state index in [1.807, 2.05) is 11.9 Å². The number of carbonyl (C=O) groups excluding carboxylic acids is 2. The molecule has 1 aliphatic rings. The van der Waals surface area contributed by atoms with Crippen molar-refractivity contribution in [2.24, 2.45) is 12.0 Å². The van der Waals surface area contributed by atoms with E-state index >= 15 is 0 Å². The number of nitrogens with one attached hydrogen (secondary N) is 2. The average molecular weight is 521 g/mol. The number of aliphatic imine (C=N–C) groups is 1. The van der Waals surface area contributed by atoms with Gasteiger partial charge in [-0.2, -0.15) is 5.10 Å². The van der Waals surface area contributed by atoms with Crippen LogP contribution >= 0.6 is 24.0 Å². The number of rotatable bonds is 4. The molecular weight excluding hydrogens is 497 g/mol. The highest BCUT2D eigenvalue weighted by Crippen LogP contribution is 2.16. The Morgan fingerprint density at radius 3 is 2.80 bits per heavy atom. The maximum Gasteiger partial charge on any atom is 0.246 e. The van der Waals surface area contributed by atoms with Crippen molar-refractivity contribution < 1.29 is 9.59 Å². The fraction of sp³-hybridized carbons (Fsp3) is 0.300. The van der Waals surface area contributed by atoms with E-state index in [2.05, 4.69) is 26.6 Å². The van der Waals surface area contributed by atoms with Gasteiger partial charge in [-0.25, -0.2) is 0 Å². The Hall–Kier alpha value is -3.07. The van der Waals surface area contributed by atoms with Crippen LogP contribution in [0.2, 0.25) is 0 Å². The van der Waals surface area contributed by atoms with Gasteiger partial charge in [0.1, 0.15) is 6.54 Å². The van der Waals surface area contributed by atoms with E-state index in [9.17, 15) is 9.59 Å². The molecule has 1 saturated heterocycles. The summed E-state index contributed by atoms with van der Waals surface area (Å²) >= 11 is 0. The Labute approximate surface area is 192 Å². The van der Waals surface area contributed by atoms with Gasteiger partial charge in [-0.1, -0.05) is 12.0 Å². The van der Waals surface area contributed by atoms with Gasteiger partial charge < -0.3 is 20.4 Å². The fourth-order valence-electron chi connectivity index (χ4n) is 3.06. The van der Waals surface area contributed by atoms with Gasteiger partial charge in [-0.05, 0) is 18.2 Å². The first-order valence-electron chi connectivity index (χ1n) is 9.11. The lowest BCUT2D eigenvalue weighted by molar-refractivity contribution is -0.120. The van der Waals surface area contributed by atoms with Gasteiger partial charge in [0, 0.05) is 44.6 Å². The van der Waals surface area contributed by atoms with Crippen LogP contribution in [0.1, 0.15) is 5.56 Å². The Bertz CT molecular complexity index is 980. The molecule has 1 aliphatic heterocycles. The lowest BCUT2D eigenvalue weighted by Gasteiger charge is -2.35. The van der Waals surface area contributed by atoms with Crippen LogP contribution in [-0.2, 0) is 16.6 Å². The standard InChI is InChI=1S/C20H23N7O2.HI/c1-4-15-6-5-7-16(10-15)24-18(28)12-22-20(21-2)26-8-9-27(19(29)14-26)17-11-23-25(3)13-17;/h1,5-7,10-11,13H,8-9,12,14H2,2-3H3,(H,21,22)(H,24,28);1H. The highest BCUT2D eigenvalue weighted by molar-refractivity contribution is 14.0. The summed E-state index contributed by atoms with van der Waals surface area (Å²) in [5.41, 5.74) is 2.09. The topological polar surface area (TPSA) is 94.9 Å². The van der Waals surface area contributed by atoms with Gasteiger partial charge in [0.25, 0.3) is 0 Å². The third kappa shape index (κ3) is 5.73. The van der Waals surface area contributed by atoms with E-state index in [0.29, 0.717) is 30.3 Å². The number of nitrogens with zero attached hydrogens (tertiary/aromatic N) is 5. The highest BCUT2D eigenvalue weighted by Gasteiger charge is 2.27. The van der Waals surface area contributed by atoms with Gasteiger partial charge in [-0.3, -0.25) is 19.3 Å². The molecular formula is C20H24IN7O2. The van der Waals surface area contributed by atoms with Crippen LogP contribution in [-0.4, -0.2) is 65.7 Å². The third-order valence-corrected chi connectivity index (χ3v) is 4.46. The maximum absolute atomic E-state index is 12.5. The minimum absolute atomic E-state index is 0. The van der Waals surface area contributed by atoms with E-state index in [1.54, 1.807) is 53.3 Å². The van der Waals surface area contributed by atoms with Crippen molar-refractivity contribution in [1.82, 2.24) is 20.0 Å². The van der Waals surface area contributed by atoms with Crippen LogP contribution < -0.4 is 15.5 Å². The first-order chi connectivity index (χ1) is 14.0. The van der Waals surface area contributed by atoms with Crippen LogP contribution in [0.5, 0.6) is 0 Å². The van der Waals surface area contributed by atoms with Gasteiger partial charge in [0.15, 0.2) is 5.96 Å². The monoisotopic (exact) mass is 521 g/mol. The van der Waals surface area contributed by atoms with Crippen molar-refractivity contribution in [1.29, 1.82) is 0 Å². The first kappa shape index (κ1) is 23.2. The smallest absolute Gasteiger partial charge is 0.246 e. The molecule has 2 aromatic rings. The lowest BCUT2D eigenvalue weighted by Crippen LogP contribution is -2.56. The maximum atomic E-state index is 12.5. The second-order valence-corrected chi connectivity index (χ2v) is 6.51. The normalized spacial score (nSPS) is 14.0. The minimum Gasteiger partial charge on any atom is -0.347 e. The molecule has 158 valence electrons. The van der Waals surface area contributed by atoms with Crippen LogP contribution in [0.3, 0.4) is 0 Å². The van der Waals surface area contributed by atoms with Gasteiger partial charge in [-0.15, -0.1) is 30.4 Å². The summed E-state index contributed by atoms with van der Waals surface area (Å²) in [5, 5.41) is 9.90. The lowest BCUT2D eigenvalue weighted by atomic mass is 10.2. The van der Waals surface area contributed by atoms with Crippen LogP contribution in [0.25, 0.3) is 0 Å². The van der Waals surface area contributed by atoms with E-state index < -0.39 is 0 Å². The summed E-state index contributed by atoms with van der Waals surface area (Å²) in [5.74, 6) is 2.74. The number of terminal acetylenes is 1. The van der Waals surface area contributed by atoms with Crippen molar-refractivity contribution in [3.05, 3.63) is 42.2 Å². The number of piperazine rings is 1. The third-order valence-electron chi connectivity index (χ3n) is 4.46. The van der Waals surface area contributed by atoms with Crippen LogP contribution in [0, 0.1) is 12.3 Å². The van der Waals surface area contributed by atoms with Crippen molar-refractivity contribution in [2.75, 3.05) is 43.4 Å². The van der Waals surface area contributed by atoms with E-state index in [-0.39, 0.29) is 48.9 Å². The molecule has 1 aromatic carbocycles. The number of hydrogen-bond acceptors (Lipinski definition) is 4. The summed E-state index contributed by atoms with van der Waals surface area (Å²) in [4.78, 5) is 32.5. The quantitative estimate of drug-likeness (QED) is 0.270. The number of amides is 2. The predicted octanol–water partition coefficient (Wildman–Crippen LogP) is 0.882. The molecule has 10 heteroatoms. The molecule has 1 aromatic heterocycles. The molecule has 2 N–H and O–H groups in total. The first-order valence-corrected chi connectivity index (χ1v) is 9.11. The molecule has 0 atom stereocenters. The summed E-state index contributed by atoms with van der Waals surface area (Å²) in [6, 6.07) is 7.06. The molecule has 2 amide bonds. The molecule has 0 saturated carbocycles. The Kier molecular flexibility index (Phi) is 8.23. The van der Waals surface area contributed by atoms with Crippen molar-refractivity contribution >= 4 is 53.1 Å². The molecule has 30 heavy (non-hydrogen) atoms. The fourth-order valence-corrected chi connectivity index (χ4v) is 3.06. The SMILES string of the molecule is C#Cc1cccc(NC(=O)CNC(=NC)N2CCN(c3cnn(C)c3)C(=O)C2)c1.I. The average Bonchev–Trinajstić information content (AvgIpc) is 3.14. The number of aryl methyl sites for hydroxylation is 1.